The molecule has 2 atom stereocenters. The lowest BCUT2D eigenvalue weighted by molar-refractivity contribution is 0.181. The average molecular weight is 265 g/mol. The van der Waals surface area contributed by atoms with Crippen molar-refractivity contribution in [2.24, 2.45) is 0 Å². The van der Waals surface area contributed by atoms with Gasteiger partial charge in [-0.3, -0.25) is 0 Å². The first kappa shape index (κ1) is 11.8. The molecule has 0 amide bonds. The summed E-state index contributed by atoms with van der Waals surface area (Å²) in [5.41, 5.74) is 1.19. The molecule has 1 aliphatic rings. The van der Waals surface area contributed by atoms with Crippen molar-refractivity contribution >= 4 is 21.4 Å². The van der Waals surface area contributed by atoms with Crippen LogP contribution in [-0.4, -0.2) is 24.8 Å². The smallest absolute Gasteiger partial charge is 0.191 e. The highest BCUT2D eigenvalue weighted by Crippen LogP contribution is 2.36. The molecule has 0 saturated heterocycles. The summed E-state index contributed by atoms with van der Waals surface area (Å²) in [4.78, 5) is 0. The van der Waals surface area contributed by atoms with Gasteiger partial charge in [0.05, 0.1) is 11.4 Å². The SMILES string of the molecule is O=S(=O)(CF)C1Cc2cc(Cl)ccc2C1O. The topological polar surface area (TPSA) is 54.4 Å². The Bertz CT molecular complexity index is 515. The molecule has 6 heteroatoms. The second-order valence-electron chi connectivity index (χ2n) is 3.80. The normalized spacial score (nSPS) is 24.4. The Hall–Kier alpha value is -0.650. The predicted molar refractivity (Wildman–Crippen MR) is 58.8 cm³/mol. The minimum Gasteiger partial charge on any atom is -0.387 e. The highest BCUT2D eigenvalue weighted by Gasteiger charge is 2.39. The van der Waals surface area contributed by atoms with Gasteiger partial charge in [0.1, 0.15) is 0 Å². The van der Waals surface area contributed by atoms with Crippen LogP contribution in [0.5, 0.6) is 0 Å². The van der Waals surface area contributed by atoms with Crippen molar-refractivity contribution in [2.45, 2.75) is 17.8 Å². The van der Waals surface area contributed by atoms with Crippen molar-refractivity contribution in [3.05, 3.63) is 34.3 Å². The molecule has 1 aromatic rings. The lowest BCUT2D eigenvalue weighted by Gasteiger charge is -2.13. The molecule has 0 radical (unpaired) electrons. The molecule has 1 aromatic carbocycles. The Morgan fingerprint density at radius 1 is 1.50 bits per heavy atom. The van der Waals surface area contributed by atoms with Gasteiger partial charge in [0.15, 0.2) is 15.8 Å². The van der Waals surface area contributed by atoms with Gasteiger partial charge in [-0.05, 0) is 29.7 Å². The maximum absolute atomic E-state index is 12.4. The number of alkyl halides is 1. The number of fused-ring (bicyclic) bond motifs is 1. The van der Waals surface area contributed by atoms with Gasteiger partial charge in [0, 0.05) is 5.02 Å². The fourth-order valence-corrected chi connectivity index (χ4v) is 3.30. The fourth-order valence-electron chi connectivity index (χ4n) is 1.97. The molecule has 3 nitrogen and oxygen atoms in total. The van der Waals surface area contributed by atoms with Crippen LogP contribution in [0.4, 0.5) is 4.39 Å². The van der Waals surface area contributed by atoms with Crippen molar-refractivity contribution in [1.29, 1.82) is 0 Å². The van der Waals surface area contributed by atoms with Gasteiger partial charge >= 0.3 is 0 Å². The van der Waals surface area contributed by atoms with Crippen molar-refractivity contribution in [2.75, 3.05) is 6.01 Å². The van der Waals surface area contributed by atoms with E-state index >= 15 is 0 Å². The minimum absolute atomic E-state index is 0.114. The van der Waals surface area contributed by atoms with Crippen LogP contribution in [0.25, 0.3) is 0 Å². The fraction of sp³-hybridized carbons (Fsp3) is 0.400. The molecule has 0 bridgehead atoms. The van der Waals surface area contributed by atoms with E-state index in [1.54, 1.807) is 18.2 Å². The zero-order valence-electron chi connectivity index (χ0n) is 8.23. The second-order valence-corrected chi connectivity index (χ2v) is 6.39. The van der Waals surface area contributed by atoms with Gasteiger partial charge in [-0.15, -0.1) is 0 Å². The maximum atomic E-state index is 12.4. The van der Waals surface area contributed by atoms with Gasteiger partial charge < -0.3 is 5.11 Å². The Balaban J connectivity index is 2.41. The number of rotatable bonds is 2. The van der Waals surface area contributed by atoms with Crippen molar-refractivity contribution in [3.8, 4) is 0 Å². The summed E-state index contributed by atoms with van der Waals surface area (Å²) in [7, 11) is -3.89. The van der Waals surface area contributed by atoms with E-state index in [0.717, 1.165) is 0 Å². The zero-order valence-corrected chi connectivity index (χ0v) is 9.80. The lowest BCUT2D eigenvalue weighted by atomic mass is 10.1. The Morgan fingerprint density at radius 3 is 2.81 bits per heavy atom. The number of benzene rings is 1. The summed E-state index contributed by atoms with van der Waals surface area (Å²) < 4.78 is 35.2. The number of aliphatic hydroxyl groups excluding tert-OH is 1. The molecule has 0 spiro atoms. The summed E-state index contributed by atoms with van der Waals surface area (Å²) in [5, 5.41) is 9.19. The van der Waals surface area contributed by atoms with Gasteiger partial charge in [-0.1, -0.05) is 17.7 Å². The molecular formula is C10H10ClFO3S. The molecule has 0 aromatic heterocycles. The first-order valence-corrected chi connectivity index (χ1v) is 6.79. The molecule has 2 rings (SSSR count). The van der Waals surface area contributed by atoms with Crippen molar-refractivity contribution in [3.63, 3.8) is 0 Å². The van der Waals surface area contributed by atoms with E-state index < -0.39 is 27.2 Å². The summed E-state index contributed by atoms with van der Waals surface area (Å²) in [6.45, 7) is 0. The first-order valence-electron chi connectivity index (χ1n) is 4.69. The molecule has 0 fully saturated rings. The van der Waals surface area contributed by atoms with E-state index in [2.05, 4.69) is 0 Å². The highest BCUT2D eigenvalue weighted by atomic mass is 35.5. The predicted octanol–water partition coefficient (Wildman–Crippen LogP) is 1.64. The first-order chi connectivity index (χ1) is 7.45. The van der Waals surface area contributed by atoms with E-state index in [4.69, 9.17) is 11.6 Å². The van der Waals surface area contributed by atoms with Crippen molar-refractivity contribution < 1.29 is 17.9 Å². The molecule has 1 N–H and O–H groups in total. The quantitative estimate of drug-likeness (QED) is 0.884. The number of sulfone groups is 1. The van der Waals surface area contributed by atoms with Crippen molar-refractivity contribution in [1.82, 2.24) is 0 Å². The average Bonchev–Trinajstić information content (AvgIpc) is 2.56. The number of halogens is 2. The Morgan fingerprint density at radius 2 is 2.19 bits per heavy atom. The van der Waals surface area contributed by atoms with E-state index in [1.165, 1.54) is 0 Å². The van der Waals surface area contributed by atoms with E-state index in [9.17, 15) is 17.9 Å². The van der Waals surface area contributed by atoms with Crippen LogP contribution in [0.1, 0.15) is 17.2 Å². The zero-order chi connectivity index (χ0) is 11.9. The molecular weight excluding hydrogens is 255 g/mol. The third-order valence-electron chi connectivity index (χ3n) is 2.81. The molecule has 1 aliphatic carbocycles. The van der Waals surface area contributed by atoms with Crippen LogP contribution in [0.3, 0.4) is 0 Å². The Kier molecular flexibility index (Phi) is 2.94. The number of hydrogen-bond acceptors (Lipinski definition) is 3. The summed E-state index contributed by atoms with van der Waals surface area (Å²) >= 11 is 5.76. The highest BCUT2D eigenvalue weighted by molar-refractivity contribution is 7.91. The number of aliphatic hydroxyl groups is 1. The molecule has 2 unspecified atom stereocenters. The second kappa shape index (κ2) is 3.98. The molecule has 0 saturated carbocycles. The van der Waals surface area contributed by atoms with Crippen LogP contribution in [0.2, 0.25) is 5.02 Å². The number of hydrogen-bond donors (Lipinski definition) is 1. The summed E-state index contributed by atoms with van der Waals surface area (Å²) in [6.07, 6.45) is -1.04. The Labute approximate surface area is 97.8 Å². The van der Waals surface area contributed by atoms with Crippen LogP contribution in [-0.2, 0) is 16.3 Å². The third-order valence-corrected chi connectivity index (χ3v) is 4.70. The van der Waals surface area contributed by atoms with E-state index in [0.29, 0.717) is 16.1 Å². The standard InChI is InChI=1S/C10H10ClFO3S/c11-7-1-2-8-6(3-7)4-9(10(8)13)16(14,15)5-12/h1-3,9-10,13H,4-5H2. The van der Waals surface area contributed by atoms with E-state index in [1.807, 2.05) is 0 Å². The van der Waals surface area contributed by atoms with Gasteiger partial charge in [-0.2, -0.15) is 0 Å². The lowest BCUT2D eigenvalue weighted by Crippen LogP contribution is -2.26. The largest absolute Gasteiger partial charge is 0.387 e. The summed E-state index contributed by atoms with van der Waals surface area (Å²) in [5.74, 6) is 0. The molecule has 0 heterocycles. The van der Waals surface area contributed by atoms with Crippen LogP contribution in [0, 0.1) is 0 Å². The van der Waals surface area contributed by atoms with Crippen LogP contribution < -0.4 is 0 Å². The van der Waals surface area contributed by atoms with Crippen LogP contribution in [0.15, 0.2) is 18.2 Å². The summed E-state index contributed by atoms with van der Waals surface area (Å²) in [6, 6.07) is 3.31. The van der Waals surface area contributed by atoms with Gasteiger partial charge in [0.25, 0.3) is 0 Å². The van der Waals surface area contributed by atoms with Crippen LogP contribution >= 0.6 is 11.6 Å². The monoisotopic (exact) mass is 264 g/mol. The molecule has 88 valence electrons. The van der Waals surface area contributed by atoms with Gasteiger partial charge in [-0.25, -0.2) is 12.8 Å². The minimum atomic E-state index is -3.89. The maximum Gasteiger partial charge on any atom is 0.191 e. The third kappa shape index (κ3) is 1.83. The molecule has 0 aliphatic heterocycles. The van der Waals surface area contributed by atoms with Gasteiger partial charge in [0.2, 0.25) is 0 Å². The molecule has 16 heavy (non-hydrogen) atoms. The van der Waals surface area contributed by atoms with E-state index in [-0.39, 0.29) is 6.42 Å².